The van der Waals surface area contributed by atoms with Gasteiger partial charge in [0.25, 0.3) is 0 Å². The fourth-order valence-electron chi connectivity index (χ4n) is 3.20. The number of hydrogen-bond donors (Lipinski definition) is 0. The molecule has 152 valence electrons. The molecular weight excluding hydrogens is 374 g/mol. The van der Waals surface area contributed by atoms with Crippen LogP contribution in [-0.4, -0.2) is 37.3 Å². The fraction of sp³-hybridized carbons (Fsp3) is 0.273. The molecule has 0 atom stereocenters. The highest BCUT2D eigenvalue weighted by molar-refractivity contribution is 6.06. The topological polar surface area (TPSA) is 76.0 Å². The first-order chi connectivity index (χ1) is 13.9. The van der Waals surface area contributed by atoms with Gasteiger partial charge in [0, 0.05) is 23.6 Å². The van der Waals surface area contributed by atoms with E-state index in [2.05, 4.69) is 0 Å². The molecule has 3 aromatic rings. The van der Waals surface area contributed by atoms with Crippen molar-refractivity contribution in [2.24, 2.45) is 7.05 Å². The summed E-state index contributed by atoms with van der Waals surface area (Å²) in [5.41, 5.74) is 2.41. The Morgan fingerprint density at radius 3 is 2.34 bits per heavy atom. The first kappa shape index (κ1) is 20.3. The van der Waals surface area contributed by atoms with Crippen molar-refractivity contribution in [3.8, 4) is 17.2 Å². The van der Waals surface area contributed by atoms with Gasteiger partial charge >= 0.3 is 11.9 Å². The van der Waals surface area contributed by atoms with Crippen LogP contribution in [0.3, 0.4) is 0 Å². The molecule has 0 N–H and O–H groups in total. The highest BCUT2D eigenvalue weighted by Crippen LogP contribution is 2.31. The number of hydrogen-bond acceptors (Lipinski definition) is 6. The third-order valence-electron chi connectivity index (χ3n) is 4.77. The Morgan fingerprint density at radius 1 is 0.966 bits per heavy atom. The molecule has 29 heavy (non-hydrogen) atoms. The minimum absolute atomic E-state index is 0.280. The van der Waals surface area contributed by atoms with Crippen molar-refractivity contribution in [1.82, 2.24) is 4.57 Å². The molecule has 0 aliphatic carbocycles. The number of ether oxygens (including phenoxy) is 4. The van der Waals surface area contributed by atoms with Gasteiger partial charge in [0.2, 0.25) is 0 Å². The highest BCUT2D eigenvalue weighted by atomic mass is 16.5. The van der Waals surface area contributed by atoms with Crippen molar-refractivity contribution in [2.75, 3.05) is 20.8 Å². The summed E-state index contributed by atoms with van der Waals surface area (Å²) < 4.78 is 23.0. The van der Waals surface area contributed by atoms with Gasteiger partial charge in [0.15, 0.2) is 11.5 Å². The molecule has 0 fully saturated rings. The molecule has 0 saturated heterocycles. The molecule has 1 heterocycles. The van der Waals surface area contributed by atoms with E-state index in [1.165, 1.54) is 14.2 Å². The molecule has 0 unspecified atom stereocenters. The number of benzene rings is 2. The predicted octanol–water partition coefficient (Wildman–Crippen LogP) is 3.90. The maximum atomic E-state index is 12.6. The Labute approximate surface area is 168 Å². The van der Waals surface area contributed by atoms with E-state index in [1.54, 1.807) is 37.3 Å². The molecule has 7 nitrogen and oxygen atoms in total. The minimum Gasteiger partial charge on any atom is -0.493 e. The molecule has 2 aromatic carbocycles. The van der Waals surface area contributed by atoms with Gasteiger partial charge in [-0.15, -0.1) is 0 Å². The zero-order chi connectivity index (χ0) is 21.1. The van der Waals surface area contributed by atoms with Gasteiger partial charge in [0.1, 0.15) is 5.75 Å². The summed E-state index contributed by atoms with van der Waals surface area (Å²) in [5.74, 6) is 0.327. The van der Waals surface area contributed by atoms with Crippen molar-refractivity contribution in [3.05, 3.63) is 53.2 Å². The van der Waals surface area contributed by atoms with Crippen LogP contribution < -0.4 is 14.2 Å². The third kappa shape index (κ3) is 3.76. The molecule has 0 spiro atoms. The molecule has 7 heteroatoms. The van der Waals surface area contributed by atoms with Crippen molar-refractivity contribution in [1.29, 1.82) is 0 Å². The third-order valence-corrected chi connectivity index (χ3v) is 4.77. The number of carbonyl (C=O) groups is 2. The zero-order valence-corrected chi connectivity index (χ0v) is 17.1. The average Bonchev–Trinajstić information content (AvgIpc) is 2.97. The van der Waals surface area contributed by atoms with E-state index in [1.807, 2.05) is 24.6 Å². The van der Waals surface area contributed by atoms with Crippen LogP contribution in [-0.2, 0) is 11.8 Å². The van der Waals surface area contributed by atoms with Crippen LogP contribution in [0, 0.1) is 6.92 Å². The first-order valence-electron chi connectivity index (χ1n) is 9.11. The summed E-state index contributed by atoms with van der Waals surface area (Å²) in [6.45, 7) is 3.89. The van der Waals surface area contributed by atoms with E-state index in [0.717, 1.165) is 11.2 Å². The van der Waals surface area contributed by atoms with Gasteiger partial charge in [0.05, 0.1) is 32.0 Å². The maximum Gasteiger partial charge on any atom is 0.343 e. The second-order valence-electron chi connectivity index (χ2n) is 6.38. The van der Waals surface area contributed by atoms with E-state index in [-0.39, 0.29) is 6.61 Å². The molecule has 0 bridgehead atoms. The number of nitrogens with zero attached hydrogens (tertiary/aromatic N) is 1. The quantitative estimate of drug-likeness (QED) is 0.464. The van der Waals surface area contributed by atoms with E-state index in [0.29, 0.717) is 33.8 Å². The van der Waals surface area contributed by atoms with Crippen LogP contribution >= 0.6 is 0 Å². The largest absolute Gasteiger partial charge is 0.493 e. The number of aryl methyl sites for hydroxylation is 1. The highest BCUT2D eigenvalue weighted by Gasteiger charge is 2.21. The Morgan fingerprint density at radius 2 is 1.69 bits per heavy atom. The van der Waals surface area contributed by atoms with Crippen LogP contribution in [0.15, 0.2) is 36.4 Å². The first-order valence-corrected chi connectivity index (χ1v) is 9.11. The summed E-state index contributed by atoms with van der Waals surface area (Å²) in [7, 11) is 4.89. The SMILES string of the molecule is CCOC(=O)c1c(C)n(C)c2ccc(OC(=O)c3ccc(OC)c(OC)c3)cc12. The smallest absolute Gasteiger partial charge is 0.343 e. The number of aromatic nitrogens is 1. The zero-order valence-electron chi connectivity index (χ0n) is 17.1. The van der Waals surface area contributed by atoms with E-state index in [9.17, 15) is 9.59 Å². The van der Waals surface area contributed by atoms with Crippen LogP contribution in [0.5, 0.6) is 17.2 Å². The van der Waals surface area contributed by atoms with Crippen LogP contribution in [0.1, 0.15) is 33.3 Å². The van der Waals surface area contributed by atoms with Crippen LogP contribution in [0.25, 0.3) is 10.9 Å². The number of carbonyl (C=O) groups excluding carboxylic acids is 2. The monoisotopic (exact) mass is 397 g/mol. The lowest BCUT2D eigenvalue weighted by molar-refractivity contribution is 0.0527. The number of fused-ring (bicyclic) bond motifs is 1. The molecular formula is C22H23NO6. The average molecular weight is 397 g/mol. The lowest BCUT2D eigenvalue weighted by Crippen LogP contribution is -2.09. The van der Waals surface area contributed by atoms with Crippen molar-refractivity contribution in [2.45, 2.75) is 13.8 Å². The molecule has 0 radical (unpaired) electrons. The lowest BCUT2D eigenvalue weighted by atomic mass is 10.1. The van der Waals surface area contributed by atoms with Crippen LogP contribution in [0.4, 0.5) is 0 Å². The van der Waals surface area contributed by atoms with Crippen molar-refractivity contribution in [3.63, 3.8) is 0 Å². The standard InChI is InChI=1S/C22H23NO6/c1-6-28-22(25)20-13(2)23(3)17-9-8-15(12-16(17)20)29-21(24)14-7-10-18(26-4)19(11-14)27-5/h7-12H,6H2,1-5H3. The van der Waals surface area contributed by atoms with E-state index in [4.69, 9.17) is 18.9 Å². The molecule has 0 amide bonds. The number of esters is 2. The maximum absolute atomic E-state index is 12.6. The van der Waals surface area contributed by atoms with Gasteiger partial charge in [-0.3, -0.25) is 0 Å². The van der Waals surface area contributed by atoms with Crippen molar-refractivity contribution < 1.29 is 28.5 Å². The predicted molar refractivity (Wildman–Crippen MR) is 108 cm³/mol. The summed E-state index contributed by atoms with van der Waals surface area (Å²) >= 11 is 0. The van der Waals surface area contributed by atoms with Crippen molar-refractivity contribution >= 4 is 22.8 Å². The van der Waals surface area contributed by atoms with E-state index >= 15 is 0 Å². The molecule has 1 aromatic heterocycles. The second-order valence-corrected chi connectivity index (χ2v) is 6.38. The van der Waals surface area contributed by atoms with Gasteiger partial charge in [-0.05, 0) is 50.2 Å². The lowest BCUT2D eigenvalue weighted by Gasteiger charge is -2.10. The summed E-state index contributed by atoms with van der Waals surface area (Å²) in [6, 6.07) is 9.96. The normalized spacial score (nSPS) is 10.7. The van der Waals surface area contributed by atoms with Gasteiger partial charge < -0.3 is 23.5 Å². The summed E-state index contributed by atoms with van der Waals surface area (Å²) in [5, 5.41) is 0.668. The Kier molecular flexibility index (Phi) is 5.77. The number of methoxy groups -OCH3 is 2. The Bertz CT molecular complexity index is 1080. The van der Waals surface area contributed by atoms with Gasteiger partial charge in [-0.2, -0.15) is 0 Å². The van der Waals surface area contributed by atoms with Gasteiger partial charge in [-0.25, -0.2) is 9.59 Å². The van der Waals surface area contributed by atoms with Crippen LogP contribution in [0.2, 0.25) is 0 Å². The molecule has 0 saturated carbocycles. The van der Waals surface area contributed by atoms with E-state index < -0.39 is 11.9 Å². The Hall–Kier alpha value is -3.48. The minimum atomic E-state index is -0.546. The molecule has 0 aliphatic heterocycles. The second kappa shape index (κ2) is 8.26. The molecule has 0 aliphatic rings. The van der Waals surface area contributed by atoms with Gasteiger partial charge in [-0.1, -0.05) is 0 Å². The summed E-state index contributed by atoms with van der Waals surface area (Å²) in [6.07, 6.45) is 0. The summed E-state index contributed by atoms with van der Waals surface area (Å²) in [4.78, 5) is 25.0. The Balaban J connectivity index is 1.95. The fourth-order valence-corrected chi connectivity index (χ4v) is 3.20. The number of rotatable bonds is 6. The molecule has 3 rings (SSSR count).